The zero-order chi connectivity index (χ0) is 21.3. The Labute approximate surface area is 168 Å². The Kier molecular flexibility index (Phi) is 6.39. The van der Waals surface area contributed by atoms with E-state index in [-0.39, 0.29) is 37.6 Å². The molecule has 0 aliphatic carbocycles. The summed E-state index contributed by atoms with van der Waals surface area (Å²) in [6.07, 6.45) is 0. The minimum absolute atomic E-state index is 0.00738. The Morgan fingerprint density at radius 3 is 2.25 bits per heavy atom. The first-order chi connectivity index (χ1) is 12.9. The van der Waals surface area contributed by atoms with Crippen LogP contribution in [0.25, 0.3) is 0 Å². The summed E-state index contributed by atoms with van der Waals surface area (Å²) in [7, 11) is -4.65. The fraction of sp³-hybridized carbons (Fsp3) is 0.235. The zero-order valence-electron chi connectivity index (χ0n) is 15.3. The molecule has 0 fully saturated rings. The molecule has 28 heavy (non-hydrogen) atoms. The molecule has 2 N–H and O–H groups in total. The molecule has 2 rings (SSSR count). The molecule has 0 heterocycles. The van der Waals surface area contributed by atoms with Crippen molar-refractivity contribution in [3.8, 4) is 5.75 Å². The number of amides is 1. The SMILES string of the molecule is CCS(=O)(=O)c1ccc(O)c(NC(=O)c2cc(S(=O)(=O)N(C)C)ccc2Cl)c1. The number of sulfonamides is 1. The standard InChI is InChI=1S/C17H19ClN2O6S2/c1-4-27(23,24)11-6-8-16(21)15(10-11)19-17(22)13-9-12(5-7-14(13)18)28(25,26)20(2)3/h5-10,21H,4H2,1-3H3,(H,19,22). The van der Waals surface area contributed by atoms with E-state index in [9.17, 15) is 26.7 Å². The predicted molar refractivity (Wildman–Crippen MR) is 106 cm³/mol. The highest BCUT2D eigenvalue weighted by molar-refractivity contribution is 7.91. The van der Waals surface area contributed by atoms with Crippen molar-refractivity contribution in [1.82, 2.24) is 4.31 Å². The van der Waals surface area contributed by atoms with E-state index in [0.29, 0.717) is 0 Å². The number of sulfone groups is 1. The van der Waals surface area contributed by atoms with Gasteiger partial charge in [-0.1, -0.05) is 18.5 Å². The van der Waals surface area contributed by atoms with Crippen molar-refractivity contribution in [3.05, 3.63) is 47.0 Å². The van der Waals surface area contributed by atoms with E-state index in [1.165, 1.54) is 39.2 Å². The number of anilines is 1. The molecule has 152 valence electrons. The smallest absolute Gasteiger partial charge is 0.257 e. The number of carbonyl (C=O) groups is 1. The number of nitrogens with one attached hydrogen (secondary N) is 1. The third kappa shape index (κ3) is 4.46. The Morgan fingerprint density at radius 1 is 1.07 bits per heavy atom. The summed E-state index contributed by atoms with van der Waals surface area (Å²) in [5, 5.41) is 12.3. The summed E-state index contributed by atoms with van der Waals surface area (Å²) in [5.41, 5.74) is -0.288. The quantitative estimate of drug-likeness (QED) is 0.657. The molecule has 11 heteroatoms. The van der Waals surface area contributed by atoms with Gasteiger partial charge in [-0.05, 0) is 36.4 Å². The highest BCUT2D eigenvalue weighted by atomic mass is 35.5. The molecule has 0 aromatic heterocycles. The molecule has 0 radical (unpaired) electrons. The molecule has 2 aromatic rings. The zero-order valence-corrected chi connectivity index (χ0v) is 17.7. The van der Waals surface area contributed by atoms with Crippen molar-refractivity contribution in [3.63, 3.8) is 0 Å². The van der Waals surface area contributed by atoms with Crippen molar-refractivity contribution < 1.29 is 26.7 Å². The molecule has 0 atom stereocenters. The van der Waals surface area contributed by atoms with Gasteiger partial charge in [-0.15, -0.1) is 0 Å². The number of phenolic OH excluding ortho intramolecular Hbond substituents is 1. The summed E-state index contributed by atoms with van der Waals surface area (Å²) in [5.74, 6) is -1.31. The third-order valence-corrected chi connectivity index (χ3v) is 7.79. The summed E-state index contributed by atoms with van der Waals surface area (Å²) >= 11 is 6.03. The van der Waals surface area contributed by atoms with Crippen LogP contribution in [0.5, 0.6) is 5.75 Å². The molecule has 1 amide bonds. The Bertz CT molecular complexity index is 1130. The van der Waals surface area contributed by atoms with E-state index in [1.54, 1.807) is 0 Å². The molecule has 0 aliphatic heterocycles. The number of hydrogen-bond donors (Lipinski definition) is 2. The van der Waals surface area contributed by atoms with Gasteiger partial charge in [-0.25, -0.2) is 21.1 Å². The molecule has 2 aromatic carbocycles. The van der Waals surface area contributed by atoms with Gasteiger partial charge < -0.3 is 10.4 Å². The first-order valence-electron chi connectivity index (χ1n) is 7.99. The fourth-order valence-corrected chi connectivity index (χ4v) is 4.25. The lowest BCUT2D eigenvalue weighted by Crippen LogP contribution is -2.23. The number of aromatic hydroxyl groups is 1. The molecule has 0 saturated heterocycles. The van der Waals surface area contributed by atoms with E-state index in [1.807, 2.05) is 0 Å². The first-order valence-corrected chi connectivity index (χ1v) is 11.5. The Balaban J connectivity index is 2.45. The summed E-state index contributed by atoms with van der Waals surface area (Å²) in [4.78, 5) is 12.4. The number of rotatable bonds is 6. The third-order valence-electron chi connectivity index (χ3n) is 3.92. The second-order valence-electron chi connectivity index (χ2n) is 5.97. The van der Waals surface area contributed by atoms with Crippen LogP contribution >= 0.6 is 11.6 Å². The van der Waals surface area contributed by atoms with E-state index in [4.69, 9.17) is 11.6 Å². The largest absolute Gasteiger partial charge is 0.506 e. The van der Waals surface area contributed by atoms with Gasteiger partial charge >= 0.3 is 0 Å². The maximum atomic E-state index is 12.6. The Hall–Kier alpha value is -2.14. The number of nitrogens with zero attached hydrogens (tertiary/aromatic N) is 1. The van der Waals surface area contributed by atoms with Gasteiger partial charge in [0.1, 0.15) is 5.75 Å². The minimum Gasteiger partial charge on any atom is -0.506 e. The lowest BCUT2D eigenvalue weighted by Gasteiger charge is -2.14. The molecule has 0 spiro atoms. The number of carbonyl (C=O) groups excluding carboxylic acids is 1. The molecule has 8 nitrogen and oxygen atoms in total. The van der Waals surface area contributed by atoms with Gasteiger partial charge in [0, 0.05) is 14.1 Å². The van der Waals surface area contributed by atoms with Crippen LogP contribution in [-0.2, 0) is 19.9 Å². The molecular weight excluding hydrogens is 428 g/mol. The van der Waals surface area contributed by atoms with Crippen LogP contribution < -0.4 is 5.32 Å². The van der Waals surface area contributed by atoms with Crippen LogP contribution in [0, 0.1) is 0 Å². The predicted octanol–water partition coefficient (Wildman–Crippen LogP) is 2.34. The molecule has 0 unspecified atom stereocenters. The van der Waals surface area contributed by atoms with Gasteiger partial charge in [0.15, 0.2) is 9.84 Å². The van der Waals surface area contributed by atoms with Crippen LogP contribution in [0.4, 0.5) is 5.69 Å². The minimum atomic E-state index is -3.79. The van der Waals surface area contributed by atoms with E-state index >= 15 is 0 Å². The number of benzene rings is 2. The average molecular weight is 447 g/mol. The normalized spacial score (nSPS) is 12.2. The van der Waals surface area contributed by atoms with Crippen molar-refractivity contribution in [2.24, 2.45) is 0 Å². The number of halogens is 1. The van der Waals surface area contributed by atoms with Crippen molar-refractivity contribution in [2.75, 3.05) is 25.2 Å². The second kappa shape index (κ2) is 8.08. The monoisotopic (exact) mass is 446 g/mol. The molecular formula is C17H19ClN2O6S2. The van der Waals surface area contributed by atoms with Crippen LogP contribution in [0.3, 0.4) is 0 Å². The maximum absolute atomic E-state index is 12.6. The molecule has 0 bridgehead atoms. The van der Waals surface area contributed by atoms with Crippen LogP contribution in [0.15, 0.2) is 46.2 Å². The van der Waals surface area contributed by atoms with Crippen molar-refractivity contribution in [2.45, 2.75) is 16.7 Å². The van der Waals surface area contributed by atoms with Crippen LogP contribution in [-0.4, -0.2) is 52.0 Å². The van der Waals surface area contributed by atoms with Gasteiger partial charge in [0.05, 0.1) is 31.8 Å². The lowest BCUT2D eigenvalue weighted by atomic mass is 10.2. The van der Waals surface area contributed by atoms with Crippen LogP contribution in [0.2, 0.25) is 5.02 Å². The topological polar surface area (TPSA) is 121 Å². The average Bonchev–Trinajstić information content (AvgIpc) is 2.63. The van der Waals surface area contributed by atoms with Crippen molar-refractivity contribution >= 4 is 43.1 Å². The van der Waals surface area contributed by atoms with E-state index in [2.05, 4.69) is 5.32 Å². The Morgan fingerprint density at radius 2 is 1.68 bits per heavy atom. The first kappa shape index (κ1) is 22.2. The summed E-state index contributed by atoms with van der Waals surface area (Å²) < 4.78 is 49.5. The van der Waals surface area contributed by atoms with Gasteiger partial charge in [-0.3, -0.25) is 4.79 Å². The fourth-order valence-electron chi connectivity index (χ4n) is 2.21. The maximum Gasteiger partial charge on any atom is 0.257 e. The number of phenols is 1. The summed E-state index contributed by atoms with van der Waals surface area (Å²) in [6, 6.07) is 7.13. The molecule has 0 aliphatic rings. The van der Waals surface area contributed by atoms with E-state index in [0.717, 1.165) is 22.5 Å². The summed E-state index contributed by atoms with van der Waals surface area (Å²) in [6.45, 7) is 1.47. The molecule has 0 saturated carbocycles. The van der Waals surface area contributed by atoms with Gasteiger partial charge in [0.25, 0.3) is 5.91 Å². The van der Waals surface area contributed by atoms with E-state index < -0.39 is 25.8 Å². The highest BCUT2D eigenvalue weighted by Gasteiger charge is 2.22. The van der Waals surface area contributed by atoms with Crippen molar-refractivity contribution in [1.29, 1.82) is 0 Å². The van der Waals surface area contributed by atoms with Gasteiger partial charge in [-0.2, -0.15) is 0 Å². The van der Waals surface area contributed by atoms with Gasteiger partial charge in [0.2, 0.25) is 10.0 Å². The number of hydrogen-bond acceptors (Lipinski definition) is 6. The lowest BCUT2D eigenvalue weighted by molar-refractivity contribution is 0.102. The second-order valence-corrected chi connectivity index (χ2v) is 10.8. The highest BCUT2D eigenvalue weighted by Crippen LogP contribution is 2.29. The van der Waals surface area contributed by atoms with Crippen LogP contribution in [0.1, 0.15) is 17.3 Å².